The number of fused-ring (bicyclic) bond motifs is 1. The van der Waals surface area contributed by atoms with Crippen molar-refractivity contribution in [1.82, 2.24) is 20.2 Å². The number of hydrogen-bond donors (Lipinski definition) is 2. The number of nitrogens with zero attached hydrogens (tertiary/aromatic N) is 4. The van der Waals surface area contributed by atoms with Crippen molar-refractivity contribution in [1.29, 1.82) is 0 Å². The molecule has 0 aliphatic heterocycles. The van der Waals surface area contributed by atoms with Crippen molar-refractivity contribution in [3.63, 3.8) is 0 Å². The van der Waals surface area contributed by atoms with Crippen LogP contribution in [0, 0.1) is 0 Å². The number of nitrogen functional groups attached to an aromatic ring is 1. The molecule has 0 bridgehead atoms. The lowest BCUT2D eigenvalue weighted by molar-refractivity contribution is 0.397. The number of anilines is 2. The van der Waals surface area contributed by atoms with Crippen LogP contribution in [0.25, 0.3) is 21.5 Å². The Morgan fingerprint density at radius 3 is 2.61 bits per heavy atom. The third kappa shape index (κ3) is 3.52. The summed E-state index contributed by atoms with van der Waals surface area (Å²) in [6.07, 6.45) is 1.58. The minimum absolute atomic E-state index is 0.393. The van der Waals surface area contributed by atoms with Crippen molar-refractivity contribution in [2.75, 3.05) is 25.3 Å². The molecule has 142 valence electrons. The quantitative estimate of drug-likeness (QED) is 0.479. The predicted octanol–water partition coefficient (Wildman–Crippen LogP) is 3.36. The smallest absolute Gasteiger partial charge is 0.243 e. The van der Waals surface area contributed by atoms with Gasteiger partial charge in [0.25, 0.3) is 0 Å². The lowest BCUT2D eigenvalue weighted by Crippen LogP contribution is -2.05. The maximum Gasteiger partial charge on any atom is 0.243 e. The van der Waals surface area contributed by atoms with Gasteiger partial charge in [-0.1, -0.05) is 6.07 Å². The van der Waals surface area contributed by atoms with E-state index >= 15 is 0 Å². The first kappa shape index (κ1) is 17.9. The molecule has 9 heteroatoms. The molecule has 0 spiro atoms. The molecule has 0 unspecified atom stereocenters. The molecule has 8 nitrogen and oxygen atoms in total. The maximum absolute atomic E-state index is 5.83. The number of benzene rings is 2. The van der Waals surface area contributed by atoms with E-state index in [1.165, 1.54) is 0 Å². The molecule has 3 N–H and O–H groups in total. The van der Waals surface area contributed by atoms with Gasteiger partial charge in [-0.3, -0.25) is 0 Å². The Bertz CT molecular complexity index is 1110. The molecule has 0 radical (unpaired) electrons. The Morgan fingerprint density at radius 2 is 1.86 bits per heavy atom. The van der Waals surface area contributed by atoms with Gasteiger partial charge < -0.3 is 20.5 Å². The summed E-state index contributed by atoms with van der Waals surface area (Å²) in [5, 5.41) is 12.2. The Hall–Kier alpha value is -3.46. The minimum atomic E-state index is 0.393. The first-order valence-electron chi connectivity index (χ1n) is 8.48. The lowest BCUT2D eigenvalue weighted by atomic mass is 10.1. The summed E-state index contributed by atoms with van der Waals surface area (Å²) in [7, 11) is 3.21. The summed E-state index contributed by atoms with van der Waals surface area (Å²) in [6, 6.07) is 11.2. The number of rotatable bonds is 6. The average Bonchev–Trinajstić information content (AvgIpc) is 3.13. The molecule has 0 saturated heterocycles. The second-order valence-electron chi connectivity index (χ2n) is 5.89. The third-order valence-corrected chi connectivity index (χ3v) is 5.12. The fourth-order valence-corrected chi connectivity index (χ4v) is 3.78. The van der Waals surface area contributed by atoms with Crippen LogP contribution in [0.15, 0.2) is 42.6 Å². The van der Waals surface area contributed by atoms with Crippen LogP contribution in [0.3, 0.4) is 0 Å². The van der Waals surface area contributed by atoms with Crippen LogP contribution in [0.4, 0.5) is 11.6 Å². The van der Waals surface area contributed by atoms with Crippen LogP contribution in [0.5, 0.6) is 11.5 Å². The fourth-order valence-electron chi connectivity index (χ4n) is 2.82. The van der Waals surface area contributed by atoms with E-state index in [1.54, 1.807) is 31.8 Å². The van der Waals surface area contributed by atoms with Crippen molar-refractivity contribution in [2.24, 2.45) is 0 Å². The van der Waals surface area contributed by atoms with Gasteiger partial charge in [0.2, 0.25) is 5.95 Å². The van der Waals surface area contributed by atoms with Crippen LogP contribution >= 0.6 is 11.3 Å². The van der Waals surface area contributed by atoms with Gasteiger partial charge in [0.1, 0.15) is 22.2 Å². The van der Waals surface area contributed by atoms with Gasteiger partial charge in [0, 0.05) is 5.69 Å². The van der Waals surface area contributed by atoms with Gasteiger partial charge in [0.15, 0.2) is 0 Å². The van der Waals surface area contributed by atoms with Gasteiger partial charge in [-0.2, -0.15) is 5.10 Å². The van der Waals surface area contributed by atoms with Gasteiger partial charge >= 0.3 is 0 Å². The summed E-state index contributed by atoms with van der Waals surface area (Å²) in [6.45, 7) is 0.480. The second kappa shape index (κ2) is 7.65. The average molecular weight is 394 g/mol. The van der Waals surface area contributed by atoms with Crippen LogP contribution in [-0.4, -0.2) is 34.4 Å². The zero-order chi connectivity index (χ0) is 19.5. The largest absolute Gasteiger partial charge is 0.496 e. The van der Waals surface area contributed by atoms with Gasteiger partial charge in [-0.15, -0.1) is 16.4 Å². The van der Waals surface area contributed by atoms with Gasteiger partial charge in [-0.25, -0.2) is 9.97 Å². The van der Waals surface area contributed by atoms with Crippen molar-refractivity contribution < 1.29 is 9.47 Å². The summed E-state index contributed by atoms with van der Waals surface area (Å²) < 4.78 is 11.9. The number of hydrogen-bond acceptors (Lipinski definition) is 9. The molecule has 2 aromatic heterocycles. The van der Waals surface area contributed by atoms with E-state index in [4.69, 9.17) is 15.2 Å². The second-order valence-corrected chi connectivity index (χ2v) is 7.01. The first-order valence-corrected chi connectivity index (χ1v) is 9.29. The van der Waals surface area contributed by atoms with Crippen LogP contribution < -0.4 is 20.5 Å². The SMILES string of the molecule is COc1cccc(OC)c1-c1cnnc(NCc2nc3ccc(N)cc3s2)n1. The topological polar surface area (TPSA) is 108 Å². The summed E-state index contributed by atoms with van der Waals surface area (Å²) in [4.78, 5) is 9.14. The van der Waals surface area contributed by atoms with Crippen molar-refractivity contribution in [3.05, 3.63) is 47.6 Å². The standard InChI is InChI=1S/C19H18N6O2S/c1-26-14-4-3-5-15(27-2)18(14)13-9-22-25-19(24-13)21-10-17-23-12-7-6-11(20)8-16(12)28-17/h3-9H,10,20H2,1-2H3,(H,21,24,25). The van der Waals surface area contributed by atoms with Crippen molar-refractivity contribution >= 4 is 33.2 Å². The Morgan fingerprint density at radius 1 is 1.07 bits per heavy atom. The van der Waals surface area contributed by atoms with E-state index in [0.29, 0.717) is 29.7 Å². The first-order chi connectivity index (χ1) is 13.7. The monoisotopic (exact) mass is 394 g/mol. The molecular formula is C19H18N6O2S. The maximum atomic E-state index is 5.83. The molecule has 0 atom stereocenters. The molecule has 2 aromatic carbocycles. The van der Waals surface area contributed by atoms with E-state index in [1.807, 2.05) is 36.4 Å². The van der Waals surface area contributed by atoms with Gasteiger partial charge in [-0.05, 0) is 30.3 Å². The molecule has 4 rings (SSSR count). The van der Waals surface area contributed by atoms with E-state index < -0.39 is 0 Å². The van der Waals surface area contributed by atoms with Crippen LogP contribution in [-0.2, 0) is 6.54 Å². The molecule has 0 fully saturated rings. The van der Waals surface area contributed by atoms with Crippen molar-refractivity contribution in [3.8, 4) is 22.8 Å². The highest BCUT2D eigenvalue weighted by atomic mass is 32.1. The number of ether oxygens (including phenoxy) is 2. The van der Waals surface area contributed by atoms with E-state index in [9.17, 15) is 0 Å². The van der Waals surface area contributed by atoms with E-state index in [0.717, 1.165) is 26.5 Å². The summed E-state index contributed by atoms with van der Waals surface area (Å²) in [5.41, 5.74) is 8.80. The predicted molar refractivity (Wildman–Crippen MR) is 110 cm³/mol. The normalized spacial score (nSPS) is 10.8. The Kier molecular flexibility index (Phi) is 4.90. The number of nitrogens with two attached hydrogens (primary N) is 1. The Balaban J connectivity index is 1.59. The fraction of sp³-hybridized carbons (Fsp3) is 0.158. The summed E-state index contributed by atoms with van der Waals surface area (Å²) >= 11 is 1.57. The van der Waals surface area contributed by atoms with E-state index in [2.05, 4.69) is 25.5 Å². The lowest BCUT2D eigenvalue weighted by Gasteiger charge is -2.12. The molecule has 0 aliphatic rings. The van der Waals surface area contributed by atoms with Crippen molar-refractivity contribution in [2.45, 2.75) is 6.54 Å². The van der Waals surface area contributed by atoms with Crippen LogP contribution in [0.1, 0.15) is 5.01 Å². The highest BCUT2D eigenvalue weighted by molar-refractivity contribution is 7.18. The molecule has 0 saturated carbocycles. The minimum Gasteiger partial charge on any atom is -0.496 e. The highest BCUT2D eigenvalue weighted by Gasteiger charge is 2.15. The van der Waals surface area contributed by atoms with E-state index in [-0.39, 0.29) is 0 Å². The zero-order valence-electron chi connectivity index (χ0n) is 15.3. The third-order valence-electron chi connectivity index (χ3n) is 4.10. The molecule has 2 heterocycles. The number of thiazole rings is 1. The highest BCUT2D eigenvalue weighted by Crippen LogP contribution is 2.37. The Labute approximate surface area is 165 Å². The van der Waals surface area contributed by atoms with Gasteiger partial charge in [0.05, 0.1) is 42.7 Å². The molecule has 0 amide bonds. The van der Waals surface area contributed by atoms with Crippen LogP contribution in [0.2, 0.25) is 0 Å². The molecule has 4 aromatic rings. The zero-order valence-corrected chi connectivity index (χ0v) is 16.2. The number of aromatic nitrogens is 4. The number of methoxy groups -OCH3 is 2. The number of nitrogens with one attached hydrogen (secondary N) is 1. The molecule has 0 aliphatic carbocycles. The molecular weight excluding hydrogens is 376 g/mol. The summed E-state index contributed by atoms with van der Waals surface area (Å²) in [5.74, 6) is 1.69. The molecule has 28 heavy (non-hydrogen) atoms.